The molecule has 0 fully saturated rings. The zero-order chi connectivity index (χ0) is 29.4. The number of benzene rings is 2. The standard InChI is InChI=1S/C25H37F3INO7SSi/c1-8-36-39(6,7)15-9-14-30(2)18-19-10-12-20(13-11-19)29(37-38(31,32)25(26,27)28)24-22(34-4)16-21(33-3)17-23(24)35-5/h10-13,16-17H,8-9,14-15,18H2,1-7H3. The summed E-state index contributed by atoms with van der Waals surface area (Å²) in [5.41, 5.74) is -4.66. The molecule has 2 rings (SSSR count). The molecule has 0 saturated carbocycles. The molecule has 0 spiro atoms. The van der Waals surface area contributed by atoms with E-state index in [9.17, 15) is 21.6 Å². The van der Waals surface area contributed by atoms with Crippen molar-refractivity contribution in [2.24, 2.45) is 0 Å². The number of halogens is 4. The molecule has 0 aromatic heterocycles. The van der Waals surface area contributed by atoms with Crippen LogP contribution in [0.2, 0.25) is 19.1 Å². The second-order valence-electron chi connectivity index (χ2n) is 9.22. The first-order valence-corrected chi connectivity index (χ1v) is 19.7. The van der Waals surface area contributed by atoms with Crippen LogP contribution in [0.15, 0.2) is 36.4 Å². The molecule has 2 aromatic rings. The average molecular weight is 708 g/mol. The second kappa shape index (κ2) is 14.3. The van der Waals surface area contributed by atoms with Crippen LogP contribution in [0.25, 0.3) is 0 Å². The van der Waals surface area contributed by atoms with Gasteiger partial charge in [0.05, 0.1) is 0 Å². The zero-order valence-electron chi connectivity index (χ0n) is 23.2. The first-order valence-electron chi connectivity index (χ1n) is 12.1. The minimum atomic E-state index is -5.90. The molecule has 0 aliphatic rings. The molecule has 0 aliphatic carbocycles. The van der Waals surface area contributed by atoms with E-state index in [0.29, 0.717) is 22.5 Å². The summed E-state index contributed by atoms with van der Waals surface area (Å²) in [5, 5.41) is 0. The van der Waals surface area contributed by atoms with Crippen LogP contribution in [0, 0.1) is 7.14 Å². The Morgan fingerprint density at radius 2 is 1.54 bits per heavy atom. The summed E-state index contributed by atoms with van der Waals surface area (Å²) in [4.78, 5) is 2.15. The van der Waals surface area contributed by atoms with Crippen LogP contribution in [0.4, 0.5) is 13.2 Å². The van der Waals surface area contributed by atoms with Crippen LogP contribution in [0.1, 0.15) is 18.9 Å². The van der Waals surface area contributed by atoms with Gasteiger partial charge in [0.15, 0.2) is 0 Å². The summed E-state index contributed by atoms with van der Waals surface area (Å²) < 4.78 is 91.6. The monoisotopic (exact) mass is 707 g/mol. The maximum absolute atomic E-state index is 13.4. The molecule has 0 N–H and O–H groups in total. The first-order chi connectivity index (χ1) is 18.2. The van der Waals surface area contributed by atoms with Crippen LogP contribution in [-0.2, 0) is 23.6 Å². The molecule has 0 atom stereocenters. The first kappa shape index (κ1) is 33.6. The molecule has 2 aromatic carbocycles. The third-order valence-electron chi connectivity index (χ3n) is 5.67. The van der Waals surface area contributed by atoms with E-state index in [2.05, 4.69) is 18.0 Å². The third kappa shape index (κ3) is 9.49. The topological polar surface area (TPSA) is 83.5 Å². The Balaban J connectivity index is 2.37. The van der Waals surface area contributed by atoms with Gasteiger partial charge in [0.25, 0.3) is 0 Å². The predicted molar refractivity (Wildman–Crippen MR) is 155 cm³/mol. The van der Waals surface area contributed by atoms with E-state index in [4.69, 9.17) is 21.1 Å². The number of hydrogen-bond acceptors (Lipinski definition) is 8. The summed E-state index contributed by atoms with van der Waals surface area (Å²) in [6.45, 7) is 8.59. The van der Waals surface area contributed by atoms with Crippen molar-refractivity contribution < 1.29 is 42.7 Å². The Kier molecular flexibility index (Phi) is 12.4. The van der Waals surface area contributed by atoms with Crippen LogP contribution < -0.4 is 14.2 Å². The van der Waals surface area contributed by atoms with Crippen LogP contribution >= 0.6 is 20.2 Å². The van der Waals surface area contributed by atoms with Gasteiger partial charge in [0, 0.05) is 0 Å². The normalized spacial score (nSPS) is 12.9. The molecule has 0 saturated heterocycles. The molecule has 0 heterocycles. The molecule has 0 bridgehead atoms. The Hall–Kier alpha value is -1.59. The predicted octanol–water partition coefficient (Wildman–Crippen LogP) is 6.10. The summed E-state index contributed by atoms with van der Waals surface area (Å²) in [5.74, 6) is 0.542. The molecular formula is C25H37F3INO7SSi. The van der Waals surface area contributed by atoms with E-state index in [1.165, 1.54) is 33.5 Å². The van der Waals surface area contributed by atoms with Crippen molar-refractivity contribution in [1.29, 1.82) is 0 Å². The van der Waals surface area contributed by atoms with Gasteiger partial charge in [-0.15, -0.1) is 0 Å². The van der Waals surface area contributed by atoms with Crippen LogP contribution in [-0.4, -0.2) is 68.7 Å². The van der Waals surface area contributed by atoms with Crippen molar-refractivity contribution in [3.63, 3.8) is 0 Å². The molecule has 222 valence electrons. The van der Waals surface area contributed by atoms with Crippen molar-refractivity contribution >= 4 is 38.7 Å². The molecule has 0 aliphatic heterocycles. The fraction of sp³-hybridized carbons (Fsp3) is 0.520. The summed E-state index contributed by atoms with van der Waals surface area (Å²) in [7, 11) is -1.52. The summed E-state index contributed by atoms with van der Waals surface area (Å²) in [6.07, 6.45) is 0.990. The van der Waals surface area contributed by atoms with Crippen molar-refractivity contribution in [3.8, 4) is 17.2 Å². The maximum atomic E-state index is 13.4. The Bertz CT molecular complexity index is 1160. The van der Waals surface area contributed by atoms with Crippen LogP contribution in [0.3, 0.4) is 0 Å². The molecule has 0 radical (unpaired) electrons. The SMILES string of the molecule is CCO[Si](C)(C)CCCN(C)Cc1ccc(I(OS(=O)(=O)C(F)(F)F)c2c(OC)cc(OC)cc2OC)cc1. The van der Waals surface area contributed by atoms with Gasteiger partial charge in [-0.2, -0.15) is 0 Å². The fourth-order valence-electron chi connectivity index (χ4n) is 3.76. The Labute approximate surface area is 237 Å². The van der Waals surface area contributed by atoms with E-state index >= 15 is 0 Å². The summed E-state index contributed by atoms with van der Waals surface area (Å²) in [6, 6.07) is 10.7. The van der Waals surface area contributed by atoms with Crippen molar-refractivity contribution in [1.82, 2.24) is 4.90 Å². The zero-order valence-corrected chi connectivity index (χ0v) is 27.2. The van der Waals surface area contributed by atoms with E-state index < -0.39 is 44.2 Å². The number of methoxy groups -OCH3 is 3. The second-order valence-corrected chi connectivity index (χ2v) is 19.8. The van der Waals surface area contributed by atoms with Gasteiger partial charge >= 0.3 is 232 Å². The number of alkyl halides is 3. The van der Waals surface area contributed by atoms with E-state index in [1.807, 2.05) is 14.0 Å². The van der Waals surface area contributed by atoms with Gasteiger partial charge in [-0.25, -0.2) is 0 Å². The third-order valence-corrected chi connectivity index (χ3v) is 15.6. The van der Waals surface area contributed by atoms with Gasteiger partial charge in [0.1, 0.15) is 0 Å². The van der Waals surface area contributed by atoms with E-state index in [-0.39, 0.29) is 15.1 Å². The van der Waals surface area contributed by atoms with Crippen molar-refractivity contribution in [2.45, 2.75) is 44.5 Å². The van der Waals surface area contributed by atoms with Gasteiger partial charge in [-0.05, 0) is 6.92 Å². The van der Waals surface area contributed by atoms with Gasteiger partial charge in [-0.3, -0.25) is 0 Å². The number of rotatable bonds is 15. The number of ether oxygens (including phenoxy) is 3. The van der Waals surface area contributed by atoms with E-state index in [1.54, 1.807) is 24.3 Å². The average Bonchev–Trinajstić information content (AvgIpc) is 2.86. The Morgan fingerprint density at radius 1 is 0.974 bits per heavy atom. The molecule has 39 heavy (non-hydrogen) atoms. The van der Waals surface area contributed by atoms with Gasteiger partial charge in [-0.1, -0.05) is 0 Å². The van der Waals surface area contributed by atoms with Crippen molar-refractivity contribution in [3.05, 3.63) is 49.1 Å². The fourth-order valence-corrected chi connectivity index (χ4v) is 12.6. The Morgan fingerprint density at radius 3 is 2.00 bits per heavy atom. The number of nitrogens with zero attached hydrogens (tertiary/aromatic N) is 1. The molecule has 0 amide bonds. The van der Waals surface area contributed by atoms with Crippen LogP contribution in [0.5, 0.6) is 17.2 Å². The quantitative estimate of drug-likeness (QED) is 0.125. The number of hydrogen-bond donors (Lipinski definition) is 0. The molecular weight excluding hydrogens is 670 g/mol. The molecule has 8 nitrogen and oxygen atoms in total. The van der Waals surface area contributed by atoms with E-state index in [0.717, 1.165) is 24.6 Å². The molecule has 0 unspecified atom stereocenters. The van der Waals surface area contributed by atoms with Crippen molar-refractivity contribution in [2.75, 3.05) is 41.5 Å². The van der Waals surface area contributed by atoms with Gasteiger partial charge < -0.3 is 0 Å². The molecule has 14 heteroatoms. The minimum absolute atomic E-state index is 0.108. The summed E-state index contributed by atoms with van der Waals surface area (Å²) >= 11 is -3.80. The van der Waals surface area contributed by atoms with Gasteiger partial charge in [0.2, 0.25) is 0 Å².